The van der Waals surface area contributed by atoms with Gasteiger partial charge < -0.3 is 10.1 Å². The van der Waals surface area contributed by atoms with Gasteiger partial charge in [0, 0.05) is 23.3 Å². The highest BCUT2D eigenvalue weighted by Gasteiger charge is 2.05. The first-order chi connectivity index (χ1) is 10.1. The molecule has 0 spiro atoms. The van der Waals surface area contributed by atoms with Crippen LogP contribution in [0.2, 0.25) is 5.02 Å². The highest BCUT2D eigenvalue weighted by molar-refractivity contribution is 6.30. The molecule has 1 aromatic carbocycles. The first kappa shape index (κ1) is 15.8. The maximum absolute atomic E-state index is 5.98. The SMILES string of the molecule is CC(C)CNCc1ccncc1OCc1cccc(Cl)c1. The van der Waals surface area contributed by atoms with Gasteiger partial charge in [-0.15, -0.1) is 0 Å². The number of halogens is 1. The molecule has 0 unspecified atom stereocenters. The number of hydrogen-bond acceptors (Lipinski definition) is 3. The quantitative estimate of drug-likeness (QED) is 0.837. The molecule has 1 N–H and O–H groups in total. The third kappa shape index (κ3) is 5.37. The molecule has 0 aliphatic heterocycles. The fraction of sp³-hybridized carbons (Fsp3) is 0.353. The van der Waals surface area contributed by atoms with Crippen molar-refractivity contribution in [1.82, 2.24) is 10.3 Å². The van der Waals surface area contributed by atoms with Gasteiger partial charge in [-0.2, -0.15) is 0 Å². The molecule has 0 bridgehead atoms. The number of ether oxygens (including phenoxy) is 1. The Balaban J connectivity index is 1.96. The van der Waals surface area contributed by atoms with Crippen molar-refractivity contribution in [3.05, 3.63) is 58.9 Å². The van der Waals surface area contributed by atoms with Crippen molar-refractivity contribution < 1.29 is 4.74 Å². The van der Waals surface area contributed by atoms with Gasteiger partial charge in [0.05, 0.1) is 6.20 Å². The normalized spacial score (nSPS) is 10.9. The Labute approximate surface area is 131 Å². The molecule has 4 heteroatoms. The number of pyridine rings is 1. The lowest BCUT2D eigenvalue weighted by Gasteiger charge is -2.12. The average molecular weight is 305 g/mol. The number of nitrogens with one attached hydrogen (secondary N) is 1. The molecule has 0 saturated carbocycles. The van der Waals surface area contributed by atoms with Crippen molar-refractivity contribution in [3.8, 4) is 5.75 Å². The van der Waals surface area contributed by atoms with Crippen LogP contribution in [0.5, 0.6) is 5.75 Å². The summed E-state index contributed by atoms with van der Waals surface area (Å²) < 4.78 is 5.87. The van der Waals surface area contributed by atoms with E-state index in [0.29, 0.717) is 12.5 Å². The van der Waals surface area contributed by atoms with E-state index in [9.17, 15) is 0 Å². The van der Waals surface area contributed by atoms with Crippen LogP contribution < -0.4 is 10.1 Å². The fourth-order valence-corrected chi connectivity index (χ4v) is 2.18. The summed E-state index contributed by atoms with van der Waals surface area (Å²) in [5.74, 6) is 1.44. The van der Waals surface area contributed by atoms with Gasteiger partial charge in [0.15, 0.2) is 0 Å². The maximum atomic E-state index is 5.98. The smallest absolute Gasteiger partial charge is 0.142 e. The number of aromatic nitrogens is 1. The Morgan fingerprint density at radius 3 is 2.90 bits per heavy atom. The predicted molar refractivity (Wildman–Crippen MR) is 86.6 cm³/mol. The van der Waals surface area contributed by atoms with Gasteiger partial charge in [0.1, 0.15) is 12.4 Å². The van der Waals surface area contributed by atoms with E-state index in [1.165, 1.54) is 0 Å². The summed E-state index contributed by atoms with van der Waals surface area (Å²) >= 11 is 5.98. The third-order valence-corrected chi connectivity index (χ3v) is 3.26. The van der Waals surface area contributed by atoms with Gasteiger partial charge in [-0.1, -0.05) is 37.6 Å². The summed E-state index contributed by atoms with van der Waals surface area (Å²) in [7, 11) is 0. The van der Waals surface area contributed by atoms with Crippen molar-refractivity contribution >= 4 is 11.6 Å². The molecule has 3 nitrogen and oxygen atoms in total. The Bertz CT molecular complexity index is 572. The van der Waals surface area contributed by atoms with Gasteiger partial charge in [-0.3, -0.25) is 4.98 Å². The Morgan fingerprint density at radius 2 is 2.14 bits per heavy atom. The molecule has 21 heavy (non-hydrogen) atoms. The van der Waals surface area contributed by atoms with Crippen molar-refractivity contribution in [3.63, 3.8) is 0 Å². The number of nitrogens with zero attached hydrogens (tertiary/aromatic N) is 1. The van der Waals surface area contributed by atoms with Crippen LogP contribution in [0, 0.1) is 5.92 Å². The van der Waals surface area contributed by atoms with E-state index in [2.05, 4.69) is 24.1 Å². The molecule has 112 valence electrons. The summed E-state index contributed by atoms with van der Waals surface area (Å²) in [6, 6.07) is 9.68. The van der Waals surface area contributed by atoms with E-state index in [0.717, 1.165) is 35.0 Å². The summed E-state index contributed by atoms with van der Waals surface area (Å²) in [6.45, 7) is 6.64. The zero-order valence-corrected chi connectivity index (χ0v) is 13.2. The molecule has 0 fully saturated rings. The molecular weight excluding hydrogens is 284 g/mol. The van der Waals surface area contributed by atoms with Crippen LogP contribution in [-0.2, 0) is 13.2 Å². The van der Waals surface area contributed by atoms with Crippen LogP contribution in [0.15, 0.2) is 42.7 Å². The lowest BCUT2D eigenvalue weighted by molar-refractivity contribution is 0.300. The van der Waals surface area contributed by atoms with Gasteiger partial charge in [0.25, 0.3) is 0 Å². The van der Waals surface area contributed by atoms with Gasteiger partial charge in [-0.05, 0) is 36.2 Å². The Hall–Kier alpha value is -1.58. The van der Waals surface area contributed by atoms with Crippen LogP contribution in [-0.4, -0.2) is 11.5 Å². The fourth-order valence-electron chi connectivity index (χ4n) is 1.97. The second-order valence-corrected chi connectivity index (χ2v) is 5.86. The van der Waals surface area contributed by atoms with E-state index in [4.69, 9.17) is 16.3 Å². The minimum absolute atomic E-state index is 0.490. The zero-order valence-electron chi connectivity index (χ0n) is 12.5. The largest absolute Gasteiger partial charge is 0.487 e. The minimum atomic E-state index is 0.490. The molecule has 1 heterocycles. The zero-order chi connectivity index (χ0) is 15.1. The van der Waals surface area contributed by atoms with Gasteiger partial charge in [-0.25, -0.2) is 0 Å². The van der Waals surface area contributed by atoms with Gasteiger partial charge >= 0.3 is 0 Å². The standard InChI is InChI=1S/C17H21ClN2O/c1-13(2)9-20-10-15-6-7-19-11-17(15)21-12-14-4-3-5-16(18)8-14/h3-8,11,13,20H,9-10,12H2,1-2H3. The van der Waals surface area contributed by atoms with E-state index >= 15 is 0 Å². The first-order valence-electron chi connectivity index (χ1n) is 7.16. The highest BCUT2D eigenvalue weighted by Crippen LogP contribution is 2.19. The second-order valence-electron chi connectivity index (χ2n) is 5.43. The summed E-state index contributed by atoms with van der Waals surface area (Å²) in [6.07, 6.45) is 3.55. The second kappa shape index (κ2) is 8.01. The lowest BCUT2D eigenvalue weighted by atomic mass is 10.2. The minimum Gasteiger partial charge on any atom is -0.487 e. The third-order valence-electron chi connectivity index (χ3n) is 3.02. The molecule has 0 aliphatic rings. The summed E-state index contributed by atoms with van der Waals surface area (Å²) in [5, 5.41) is 4.14. The van der Waals surface area contributed by atoms with E-state index in [1.807, 2.05) is 30.3 Å². The maximum Gasteiger partial charge on any atom is 0.142 e. The number of rotatable bonds is 7. The molecule has 1 aromatic heterocycles. The molecule has 2 aromatic rings. The van der Waals surface area contributed by atoms with E-state index in [-0.39, 0.29) is 0 Å². The molecule has 0 radical (unpaired) electrons. The number of hydrogen-bond donors (Lipinski definition) is 1. The summed E-state index contributed by atoms with van der Waals surface area (Å²) in [4.78, 5) is 4.14. The Kier molecular flexibility index (Phi) is 6.03. The molecular formula is C17H21ClN2O. The highest BCUT2D eigenvalue weighted by atomic mass is 35.5. The van der Waals surface area contributed by atoms with E-state index in [1.54, 1.807) is 12.4 Å². The molecule has 0 amide bonds. The van der Waals surface area contributed by atoms with Gasteiger partial charge in [0.2, 0.25) is 0 Å². The van der Waals surface area contributed by atoms with Crippen LogP contribution in [0.1, 0.15) is 25.0 Å². The lowest BCUT2D eigenvalue weighted by Crippen LogP contribution is -2.19. The molecule has 0 saturated heterocycles. The number of benzene rings is 1. The van der Waals surface area contributed by atoms with Crippen molar-refractivity contribution in [2.75, 3.05) is 6.54 Å². The van der Waals surface area contributed by atoms with Crippen LogP contribution >= 0.6 is 11.6 Å². The topological polar surface area (TPSA) is 34.2 Å². The first-order valence-corrected chi connectivity index (χ1v) is 7.54. The monoisotopic (exact) mass is 304 g/mol. The van der Waals surface area contributed by atoms with Crippen molar-refractivity contribution in [2.24, 2.45) is 5.92 Å². The van der Waals surface area contributed by atoms with Crippen LogP contribution in [0.25, 0.3) is 0 Å². The van der Waals surface area contributed by atoms with Crippen LogP contribution in [0.4, 0.5) is 0 Å². The predicted octanol–water partition coefficient (Wildman–Crippen LogP) is 4.06. The van der Waals surface area contributed by atoms with E-state index < -0.39 is 0 Å². The van der Waals surface area contributed by atoms with Crippen molar-refractivity contribution in [2.45, 2.75) is 27.0 Å². The van der Waals surface area contributed by atoms with Crippen LogP contribution in [0.3, 0.4) is 0 Å². The molecule has 0 atom stereocenters. The summed E-state index contributed by atoms with van der Waals surface area (Å²) in [5.41, 5.74) is 2.17. The molecule has 2 rings (SSSR count). The average Bonchev–Trinajstić information content (AvgIpc) is 2.46. The van der Waals surface area contributed by atoms with Crippen molar-refractivity contribution in [1.29, 1.82) is 0 Å². The Morgan fingerprint density at radius 1 is 1.29 bits per heavy atom. The molecule has 0 aliphatic carbocycles.